The highest BCUT2D eigenvalue weighted by Gasteiger charge is 2.21. The summed E-state index contributed by atoms with van der Waals surface area (Å²) in [5.41, 5.74) is -0.251. The number of nitrogens with zero attached hydrogens (tertiary/aromatic N) is 3. The van der Waals surface area contributed by atoms with Crippen LogP contribution in [0.15, 0.2) is 39.6 Å². The van der Waals surface area contributed by atoms with Gasteiger partial charge in [0.25, 0.3) is 5.69 Å². The Kier molecular flexibility index (Phi) is 6.13. The number of nitro groups is 1. The summed E-state index contributed by atoms with van der Waals surface area (Å²) in [6.45, 7) is 0. The third kappa shape index (κ3) is 4.54. The minimum absolute atomic E-state index is 0.0198. The zero-order valence-corrected chi connectivity index (χ0v) is 17.0. The molecule has 0 atom stereocenters. The van der Waals surface area contributed by atoms with Crippen LogP contribution in [0.1, 0.15) is 5.82 Å². The van der Waals surface area contributed by atoms with E-state index in [4.69, 9.17) is 46.4 Å². The van der Waals surface area contributed by atoms with Crippen molar-refractivity contribution in [3.05, 3.63) is 76.9 Å². The molecule has 0 spiro atoms. The molecule has 0 bridgehead atoms. The minimum Gasteiger partial charge on any atom is -0.323 e. The first-order valence-corrected chi connectivity index (χ1v) is 9.15. The second-order valence-electron chi connectivity index (χ2n) is 5.56. The quantitative estimate of drug-likeness (QED) is 0.425. The van der Waals surface area contributed by atoms with Crippen molar-refractivity contribution in [1.82, 2.24) is 9.72 Å². The van der Waals surface area contributed by atoms with Crippen LogP contribution in [0, 0.1) is 10.1 Å². The average molecular weight is 478 g/mol. The number of aromatic nitrogens is 2. The number of hydrogen-bond acceptors (Lipinski definition) is 6. The standard InChI is InChI=1S/C16H8Cl4N4O5/c17-7-3-10(19)15(11(20)4-7)21-14(25)6-13-22-29-16(26)23(13)12-5-8(24(27)28)1-2-9(12)18/h1-5H,6H2,(H,21,25). The SMILES string of the molecule is O=C(Cc1noc(=O)n1-c1cc([N+](=O)[O-])ccc1Cl)Nc1c(Cl)cc(Cl)cc1Cl. The van der Waals surface area contributed by atoms with Gasteiger partial charge >= 0.3 is 5.76 Å². The molecule has 150 valence electrons. The Morgan fingerprint density at radius 2 is 1.79 bits per heavy atom. The van der Waals surface area contributed by atoms with Gasteiger partial charge in [-0.3, -0.25) is 19.4 Å². The molecule has 0 saturated heterocycles. The smallest absolute Gasteiger partial charge is 0.323 e. The lowest BCUT2D eigenvalue weighted by molar-refractivity contribution is -0.384. The molecular weight excluding hydrogens is 470 g/mol. The summed E-state index contributed by atoms with van der Waals surface area (Å²) in [6.07, 6.45) is -0.444. The maximum absolute atomic E-state index is 12.4. The molecule has 0 aliphatic rings. The van der Waals surface area contributed by atoms with Crippen molar-refractivity contribution < 1.29 is 14.2 Å². The molecule has 29 heavy (non-hydrogen) atoms. The summed E-state index contributed by atoms with van der Waals surface area (Å²) in [5, 5.41) is 17.6. The number of carbonyl (C=O) groups excluding carboxylic acids is 1. The topological polar surface area (TPSA) is 120 Å². The van der Waals surface area contributed by atoms with Gasteiger partial charge in [-0.1, -0.05) is 51.6 Å². The summed E-state index contributed by atoms with van der Waals surface area (Å²) < 4.78 is 5.46. The molecule has 0 aliphatic heterocycles. The molecule has 3 aromatic rings. The normalized spacial score (nSPS) is 10.8. The summed E-state index contributed by atoms with van der Waals surface area (Å²) in [7, 11) is 0. The number of benzene rings is 2. The van der Waals surface area contributed by atoms with Gasteiger partial charge in [0.1, 0.15) is 0 Å². The van der Waals surface area contributed by atoms with Gasteiger partial charge in [0.2, 0.25) is 5.91 Å². The molecule has 1 heterocycles. The molecule has 1 aromatic heterocycles. The van der Waals surface area contributed by atoms with Gasteiger partial charge in [-0.15, -0.1) is 0 Å². The molecular formula is C16H8Cl4N4O5. The Labute approximate surface area is 181 Å². The van der Waals surface area contributed by atoms with E-state index in [1.54, 1.807) is 0 Å². The number of amides is 1. The average Bonchev–Trinajstić information content (AvgIpc) is 2.98. The fraction of sp³-hybridized carbons (Fsp3) is 0.0625. The van der Waals surface area contributed by atoms with E-state index in [9.17, 15) is 19.7 Å². The molecule has 1 N–H and O–H groups in total. The number of rotatable bonds is 5. The Bertz CT molecular complexity index is 1170. The summed E-state index contributed by atoms with van der Waals surface area (Å²) in [6, 6.07) is 6.25. The van der Waals surface area contributed by atoms with Crippen LogP contribution in [-0.4, -0.2) is 20.6 Å². The van der Waals surface area contributed by atoms with Crippen molar-refractivity contribution in [2.24, 2.45) is 0 Å². The van der Waals surface area contributed by atoms with E-state index in [1.165, 1.54) is 24.3 Å². The van der Waals surface area contributed by atoms with Crippen molar-refractivity contribution in [2.75, 3.05) is 5.32 Å². The first-order valence-electron chi connectivity index (χ1n) is 7.63. The minimum atomic E-state index is -0.974. The second kappa shape index (κ2) is 8.42. The maximum atomic E-state index is 12.4. The highest BCUT2D eigenvalue weighted by Crippen LogP contribution is 2.33. The van der Waals surface area contributed by atoms with Crippen LogP contribution < -0.4 is 11.1 Å². The van der Waals surface area contributed by atoms with Gasteiger partial charge in [-0.25, -0.2) is 9.36 Å². The largest absolute Gasteiger partial charge is 0.446 e. The number of hydrogen-bond donors (Lipinski definition) is 1. The number of halogens is 4. The highest BCUT2D eigenvalue weighted by atomic mass is 35.5. The van der Waals surface area contributed by atoms with Crippen LogP contribution >= 0.6 is 46.4 Å². The molecule has 0 unspecified atom stereocenters. The Morgan fingerprint density at radius 1 is 1.14 bits per heavy atom. The number of carbonyl (C=O) groups is 1. The molecule has 2 aromatic carbocycles. The summed E-state index contributed by atoms with van der Waals surface area (Å²) in [4.78, 5) is 34.9. The predicted molar refractivity (Wildman–Crippen MR) is 108 cm³/mol. The van der Waals surface area contributed by atoms with Crippen LogP contribution in [0.25, 0.3) is 5.69 Å². The summed E-state index contributed by atoms with van der Waals surface area (Å²) in [5.74, 6) is -1.76. The van der Waals surface area contributed by atoms with Crippen LogP contribution in [0.4, 0.5) is 11.4 Å². The Morgan fingerprint density at radius 3 is 2.41 bits per heavy atom. The van der Waals surface area contributed by atoms with Gasteiger partial charge in [-0.2, -0.15) is 0 Å². The third-order valence-electron chi connectivity index (χ3n) is 3.64. The fourth-order valence-electron chi connectivity index (χ4n) is 2.40. The van der Waals surface area contributed by atoms with E-state index in [2.05, 4.69) is 15.0 Å². The molecule has 0 aliphatic carbocycles. The van der Waals surface area contributed by atoms with Gasteiger partial charge in [0.05, 0.1) is 37.8 Å². The van der Waals surface area contributed by atoms with E-state index in [-0.39, 0.29) is 43.0 Å². The van der Waals surface area contributed by atoms with Gasteiger partial charge in [-0.05, 0) is 18.2 Å². The molecule has 1 amide bonds. The van der Waals surface area contributed by atoms with Crippen LogP contribution in [0.3, 0.4) is 0 Å². The molecule has 0 saturated carbocycles. The van der Waals surface area contributed by atoms with E-state index >= 15 is 0 Å². The Balaban J connectivity index is 1.93. The maximum Gasteiger partial charge on any atom is 0.446 e. The monoisotopic (exact) mass is 476 g/mol. The third-order valence-corrected chi connectivity index (χ3v) is 4.78. The van der Waals surface area contributed by atoms with Crippen molar-refractivity contribution >= 4 is 63.7 Å². The summed E-state index contributed by atoms with van der Waals surface area (Å²) >= 11 is 23.9. The Hall–Kier alpha value is -2.59. The number of nitrogens with one attached hydrogen (secondary N) is 1. The van der Waals surface area contributed by atoms with E-state index in [0.29, 0.717) is 0 Å². The molecule has 3 rings (SSSR count). The zero-order valence-electron chi connectivity index (χ0n) is 14.0. The van der Waals surface area contributed by atoms with Crippen LogP contribution in [-0.2, 0) is 11.2 Å². The van der Waals surface area contributed by atoms with Gasteiger partial charge in [0, 0.05) is 17.2 Å². The predicted octanol–water partition coefficient (Wildman–Crippen LogP) is 4.53. The lowest BCUT2D eigenvalue weighted by Crippen LogP contribution is -2.21. The van der Waals surface area contributed by atoms with Crippen LogP contribution in [0.2, 0.25) is 20.1 Å². The van der Waals surface area contributed by atoms with Crippen molar-refractivity contribution in [1.29, 1.82) is 0 Å². The van der Waals surface area contributed by atoms with Gasteiger partial charge < -0.3 is 5.32 Å². The first kappa shape index (κ1) is 21.1. The molecule has 0 fully saturated rings. The van der Waals surface area contributed by atoms with Crippen molar-refractivity contribution in [3.63, 3.8) is 0 Å². The molecule has 13 heteroatoms. The van der Waals surface area contributed by atoms with E-state index in [1.807, 2.05) is 0 Å². The van der Waals surface area contributed by atoms with Gasteiger partial charge in [0.15, 0.2) is 5.82 Å². The zero-order chi connectivity index (χ0) is 21.3. The second-order valence-corrected chi connectivity index (χ2v) is 7.22. The number of nitro benzene ring substituents is 1. The molecule has 9 nitrogen and oxygen atoms in total. The van der Waals surface area contributed by atoms with Crippen LogP contribution in [0.5, 0.6) is 0 Å². The number of non-ortho nitro benzene ring substituents is 1. The van der Waals surface area contributed by atoms with Crippen molar-refractivity contribution in [3.8, 4) is 5.69 Å². The lowest BCUT2D eigenvalue weighted by atomic mass is 10.2. The lowest BCUT2D eigenvalue weighted by Gasteiger charge is -2.10. The first-order chi connectivity index (χ1) is 13.7. The van der Waals surface area contributed by atoms with E-state index < -0.39 is 23.0 Å². The fourth-order valence-corrected chi connectivity index (χ4v) is 3.52. The van der Waals surface area contributed by atoms with Crippen molar-refractivity contribution in [2.45, 2.75) is 6.42 Å². The van der Waals surface area contributed by atoms with E-state index in [0.717, 1.165) is 10.6 Å². The highest BCUT2D eigenvalue weighted by molar-refractivity contribution is 6.42. The molecule has 0 radical (unpaired) electrons. The number of anilines is 1.